The number of benzene rings is 1. The summed E-state index contributed by atoms with van der Waals surface area (Å²) in [6.45, 7) is 1.27. The van der Waals surface area contributed by atoms with E-state index in [0.29, 0.717) is 19.5 Å². The average molecular weight is 415 g/mol. The van der Waals surface area contributed by atoms with Crippen molar-refractivity contribution in [2.24, 2.45) is 5.73 Å². The fourth-order valence-corrected chi connectivity index (χ4v) is 3.60. The molecule has 2 aliphatic rings. The summed E-state index contributed by atoms with van der Waals surface area (Å²) in [5.74, 6) is -2.71. The Labute approximate surface area is 173 Å². The van der Waals surface area contributed by atoms with Crippen LogP contribution in [0.3, 0.4) is 0 Å². The summed E-state index contributed by atoms with van der Waals surface area (Å²) < 4.78 is 0. The van der Waals surface area contributed by atoms with Crippen molar-refractivity contribution in [2.45, 2.75) is 38.1 Å². The van der Waals surface area contributed by atoms with Gasteiger partial charge in [0.25, 0.3) is 11.8 Å². The molecule has 0 aromatic heterocycles. The number of rotatable bonds is 8. The fraction of sp³-hybridized carbons (Fsp3) is 0.450. The Morgan fingerprint density at radius 1 is 1.17 bits per heavy atom. The first kappa shape index (κ1) is 21.6. The predicted molar refractivity (Wildman–Crippen MR) is 108 cm³/mol. The summed E-state index contributed by atoms with van der Waals surface area (Å²) in [5.41, 5.74) is 5.82. The third-order valence-corrected chi connectivity index (χ3v) is 5.07. The first-order valence-electron chi connectivity index (χ1n) is 9.99. The van der Waals surface area contributed by atoms with E-state index in [1.54, 1.807) is 6.07 Å². The lowest BCUT2D eigenvalue weighted by molar-refractivity contribution is -0.131. The molecule has 30 heavy (non-hydrogen) atoms. The van der Waals surface area contributed by atoms with Gasteiger partial charge in [-0.3, -0.25) is 34.2 Å². The summed E-state index contributed by atoms with van der Waals surface area (Å²) >= 11 is 0. The molecule has 10 heteroatoms. The van der Waals surface area contributed by atoms with Crippen LogP contribution in [0.1, 0.15) is 52.8 Å². The largest absolute Gasteiger partial charge is 0.330 e. The lowest BCUT2D eigenvalue weighted by Gasteiger charge is -2.23. The predicted octanol–water partition coefficient (Wildman–Crippen LogP) is -0.255. The summed E-state index contributed by atoms with van der Waals surface area (Å²) in [5, 5.41) is 7.86. The molecular formula is C20H25N5O5. The number of anilines is 1. The van der Waals surface area contributed by atoms with E-state index in [1.165, 1.54) is 12.1 Å². The zero-order valence-electron chi connectivity index (χ0n) is 16.5. The molecule has 1 aromatic carbocycles. The highest BCUT2D eigenvalue weighted by atomic mass is 16.2. The Morgan fingerprint density at radius 3 is 2.73 bits per heavy atom. The maximum Gasteiger partial charge on any atom is 0.264 e. The fourth-order valence-electron chi connectivity index (χ4n) is 3.60. The molecule has 0 radical (unpaired) electrons. The minimum absolute atomic E-state index is 0.0488. The molecule has 0 aliphatic carbocycles. The van der Waals surface area contributed by atoms with Gasteiger partial charge >= 0.3 is 0 Å². The van der Waals surface area contributed by atoms with Gasteiger partial charge in [0, 0.05) is 6.42 Å². The highest BCUT2D eigenvalue weighted by Crippen LogP contribution is 2.32. The SMILES string of the molecule is NCCCCNCC(=O)Nc1cccc2c1C(=O)N(C1CCCC(=O)NC1=O)C2=O. The highest BCUT2D eigenvalue weighted by Gasteiger charge is 2.44. The van der Waals surface area contributed by atoms with Crippen molar-refractivity contribution in [1.29, 1.82) is 0 Å². The third kappa shape index (κ3) is 4.55. The van der Waals surface area contributed by atoms with E-state index in [-0.39, 0.29) is 42.1 Å². The van der Waals surface area contributed by atoms with Gasteiger partial charge in [0.1, 0.15) is 6.04 Å². The Morgan fingerprint density at radius 2 is 1.97 bits per heavy atom. The van der Waals surface area contributed by atoms with Gasteiger partial charge < -0.3 is 16.4 Å². The second-order valence-electron chi connectivity index (χ2n) is 7.25. The number of hydrogen-bond acceptors (Lipinski definition) is 7. The molecule has 1 fully saturated rings. The van der Waals surface area contributed by atoms with Crippen molar-refractivity contribution in [1.82, 2.24) is 15.5 Å². The topological polar surface area (TPSA) is 151 Å². The highest BCUT2D eigenvalue weighted by molar-refractivity contribution is 6.26. The second kappa shape index (κ2) is 9.59. The molecule has 2 heterocycles. The number of nitrogens with two attached hydrogens (primary N) is 1. The summed E-state index contributed by atoms with van der Waals surface area (Å²) in [4.78, 5) is 63.0. The van der Waals surface area contributed by atoms with Crippen LogP contribution >= 0.6 is 0 Å². The van der Waals surface area contributed by atoms with Gasteiger partial charge in [-0.2, -0.15) is 0 Å². The van der Waals surface area contributed by atoms with Crippen LogP contribution in [-0.4, -0.2) is 60.1 Å². The molecule has 5 amide bonds. The van der Waals surface area contributed by atoms with Crippen molar-refractivity contribution in [3.63, 3.8) is 0 Å². The molecule has 160 valence electrons. The second-order valence-corrected chi connectivity index (χ2v) is 7.25. The zero-order chi connectivity index (χ0) is 21.7. The van der Waals surface area contributed by atoms with Crippen molar-refractivity contribution in [3.8, 4) is 0 Å². The number of hydrogen-bond donors (Lipinski definition) is 4. The minimum Gasteiger partial charge on any atom is -0.330 e. The summed E-state index contributed by atoms with van der Waals surface area (Å²) in [6, 6.07) is 3.53. The maximum absolute atomic E-state index is 13.0. The van der Waals surface area contributed by atoms with Crippen LogP contribution in [0.2, 0.25) is 0 Å². The van der Waals surface area contributed by atoms with E-state index in [9.17, 15) is 24.0 Å². The molecule has 10 nitrogen and oxygen atoms in total. The standard InChI is InChI=1S/C20H25N5O5/c21-9-1-2-10-22-11-16(27)23-13-6-3-5-12-17(13)20(30)25(19(12)29)14-7-4-8-15(26)24-18(14)28/h3,5-6,14,22H,1-2,4,7-11,21H2,(H,23,27)(H,24,26,28). The molecular weight excluding hydrogens is 390 g/mol. The minimum atomic E-state index is -1.06. The number of nitrogens with zero attached hydrogens (tertiary/aromatic N) is 1. The van der Waals surface area contributed by atoms with Gasteiger partial charge in [-0.25, -0.2) is 0 Å². The Balaban J connectivity index is 1.74. The van der Waals surface area contributed by atoms with Crippen LogP contribution in [0.4, 0.5) is 5.69 Å². The number of unbranched alkanes of at least 4 members (excludes halogenated alkanes) is 1. The van der Waals surface area contributed by atoms with Gasteiger partial charge in [-0.15, -0.1) is 0 Å². The van der Waals surface area contributed by atoms with Crippen molar-refractivity contribution in [3.05, 3.63) is 29.3 Å². The van der Waals surface area contributed by atoms with Crippen LogP contribution in [0.5, 0.6) is 0 Å². The van der Waals surface area contributed by atoms with E-state index in [1.807, 2.05) is 0 Å². The van der Waals surface area contributed by atoms with Gasteiger partial charge in [0.2, 0.25) is 17.7 Å². The molecule has 1 unspecified atom stereocenters. The van der Waals surface area contributed by atoms with E-state index < -0.39 is 29.7 Å². The number of carbonyl (C=O) groups excluding carboxylic acids is 5. The molecule has 0 bridgehead atoms. The normalized spacial score (nSPS) is 18.8. The number of imide groups is 2. The van der Waals surface area contributed by atoms with Crippen LogP contribution in [0, 0.1) is 0 Å². The lowest BCUT2D eigenvalue weighted by atomic mass is 10.1. The molecule has 1 aromatic rings. The van der Waals surface area contributed by atoms with Gasteiger partial charge in [0.05, 0.1) is 23.4 Å². The van der Waals surface area contributed by atoms with Crippen LogP contribution in [0.15, 0.2) is 18.2 Å². The number of amides is 5. The average Bonchev–Trinajstić information content (AvgIpc) is 2.84. The molecule has 1 atom stereocenters. The van der Waals surface area contributed by atoms with E-state index in [0.717, 1.165) is 17.7 Å². The quantitative estimate of drug-likeness (QED) is 0.337. The van der Waals surface area contributed by atoms with Crippen LogP contribution in [-0.2, 0) is 14.4 Å². The molecule has 0 saturated carbocycles. The van der Waals surface area contributed by atoms with E-state index in [4.69, 9.17) is 5.73 Å². The van der Waals surface area contributed by atoms with E-state index >= 15 is 0 Å². The molecule has 0 spiro atoms. The first-order valence-corrected chi connectivity index (χ1v) is 9.99. The zero-order valence-corrected chi connectivity index (χ0v) is 16.5. The Bertz CT molecular complexity index is 884. The number of carbonyl (C=O) groups is 5. The van der Waals surface area contributed by atoms with Crippen molar-refractivity contribution in [2.75, 3.05) is 25.0 Å². The summed E-state index contributed by atoms with van der Waals surface area (Å²) in [6.07, 6.45) is 2.45. The summed E-state index contributed by atoms with van der Waals surface area (Å²) in [7, 11) is 0. The Kier molecular flexibility index (Phi) is 6.91. The molecule has 1 saturated heterocycles. The lowest BCUT2D eigenvalue weighted by Crippen LogP contribution is -2.49. The molecule has 3 rings (SSSR count). The van der Waals surface area contributed by atoms with Crippen molar-refractivity contribution >= 4 is 35.2 Å². The Hall–Kier alpha value is -3.11. The number of fused-ring (bicyclic) bond motifs is 1. The van der Waals surface area contributed by atoms with Gasteiger partial charge in [0.15, 0.2) is 0 Å². The maximum atomic E-state index is 13.0. The molecule has 2 aliphatic heterocycles. The first-order chi connectivity index (χ1) is 14.4. The monoisotopic (exact) mass is 415 g/mol. The number of nitrogens with one attached hydrogen (secondary N) is 3. The van der Waals surface area contributed by atoms with Crippen LogP contribution < -0.4 is 21.7 Å². The third-order valence-electron chi connectivity index (χ3n) is 5.07. The van der Waals surface area contributed by atoms with Crippen molar-refractivity contribution < 1.29 is 24.0 Å². The van der Waals surface area contributed by atoms with E-state index in [2.05, 4.69) is 16.0 Å². The van der Waals surface area contributed by atoms with Crippen LogP contribution in [0.25, 0.3) is 0 Å². The molecule has 5 N–H and O–H groups in total. The van der Waals surface area contributed by atoms with Gasteiger partial charge in [-0.05, 0) is 50.9 Å². The smallest absolute Gasteiger partial charge is 0.264 e. The van der Waals surface area contributed by atoms with Gasteiger partial charge in [-0.1, -0.05) is 6.07 Å².